The first kappa shape index (κ1) is 32.2. The Morgan fingerprint density at radius 1 is 0.214 bits per heavy atom. The van der Waals surface area contributed by atoms with E-state index in [4.69, 9.17) is 0 Å². The molecule has 0 nitrogen and oxygen atoms in total. The van der Waals surface area contributed by atoms with Crippen molar-refractivity contribution in [1.82, 2.24) is 0 Å². The molecule has 0 fully saturated rings. The van der Waals surface area contributed by atoms with E-state index in [0.717, 1.165) is 0 Å². The quantitative estimate of drug-likeness (QED) is 0.212. The van der Waals surface area contributed by atoms with Crippen LogP contribution >= 0.6 is 0 Å². The molecule has 0 aliphatic carbocycles. The zero-order valence-electron chi connectivity index (χ0n) is 28.4. The van der Waals surface area contributed by atoms with Crippen molar-refractivity contribution in [1.29, 1.82) is 0 Å². The van der Waals surface area contributed by atoms with Crippen LogP contribution in [0.2, 0.25) is 81.9 Å². The molecule has 0 saturated heterocycles. The molecule has 0 aliphatic heterocycles. The highest BCUT2D eigenvalue weighted by Gasteiger charge is 2.17. The Balaban J connectivity index is 2.06. The number of benzene rings is 4. The summed E-state index contributed by atoms with van der Waals surface area (Å²) in [6, 6.07) is 29.1. The van der Waals surface area contributed by atoms with Gasteiger partial charge in [0.15, 0.2) is 40.3 Å². The Bertz CT molecular complexity index is 1270. The molecule has 0 amide bonds. The summed E-state index contributed by atoms with van der Waals surface area (Å²) in [6.07, 6.45) is 0. The fourth-order valence-electron chi connectivity index (χ4n) is 5.66. The summed E-state index contributed by atoms with van der Waals surface area (Å²) in [6.45, 7) is 30.6. The zero-order valence-corrected chi connectivity index (χ0v) is 28.4. The lowest BCUT2D eigenvalue weighted by Crippen LogP contribution is -2.32. The SMILES string of the molecule is CB(C)c1cc(B(C)C)cc(-c2cc(-c3cc(B(C)C)cc(B(C)C)c3)cc(-c3cc(B(C)C)cc(B(C)C)c3)c2)c1. The average Bonchev–Trinajstić information content (AvgIpc) is 2.95. The van der Waals surface area contributed by atoms with Gasteiger partial charge in [0.05, 0.1) is 0 Å². The van der Waals surface area contributed by atoms with Gasteiger partial charge < -0.3 is 0 Å². The summed E-state index contributed by atoms with van der Waals surface area (Å²) >= 11 is 0. The van der Waals surface area contributed by atoms with Crippen LogP contribution in [0.1, 0.15) is 0 Å². The molecule has 42 heavy (non-hydrogen) atoms. The molecule has 0 atom stereocenters. The molecule has 0 saturated carbocycles. The summed E-state index contributed by atoms with van der Waals surface area (Å²) < 4.78 is 0. The fraction of sp³-hybridized carbons (Fsp3) is 0.333. The van der Waals surface area contributed by atoms with Crippen LogP contribution < -0.4 is 32.8 Å². The highest BCUT2D eigenvalue weighted by molar-refractivity contribution is 6.75. The zero-order chi connectivity index (χ0) is 30.9. The van der Waals surface area contributed by atoms with Crippen molar-refractivity contribution in [3.63, 3.8) is 0 Å². The van der Waals surface area contributed by atoms with Gasteiger partial charge in [-0.2, -0.15) is 0 Å². The van der Waals surface area contributed by atoms with Crippen LogP contribution in [0.3, 0.4) is 0 Å². The lowest BCUT2D eigenvalue weighted by Gasteiger charge is -2.18. The van der Waals surface area contributed by atoms with Crippen molar-refractivity contribution in [3.8, 4) is 33.4 Å². The predicted molar refractivity (Wildman–Crippen MR) is 205 cm³/mol. The van der Waals surface area contributed by atoms with Crippen LogP contribution in [0.4, 0.5) is 0 Å². The molecular formula is C36H48B6. The molecule has 210 valence electrons. The van der Waals surface area contributed by atoms with E-state index in [1.54, 1.807) is 0 Å². The Kier molecular flexibility index (Phi) is 10.2. The maximum absolute atomic E-state index is 2.44. The summed E-state index contributed by atoms with van der Waals surface area (Å²) in [4.78, 5) is 0. The Labute approximate surface area is 260 Å². The standard InChI is InChI=1S/C36H48B6/c1-37(2)31-16-28(17-32(22-31)38(3)4)25-13-26(29-18-33(39(5)6)23-34(19-29)40(7)8)15-27(14-25)30-20-35(41(9)10)24-36(21-30)42(11)12/h13-24H,1-12H3. The molecule has 0 bridgehead atoms. The third kappa shape index (κ3) is 7.42. The second kappa shape index (κ2) is 13.3. The van der Waals surface area contributed by atoms with Crippen molar-refractivity contribution in [2.75, 3.05) is 0 Å². The van der Waals surface area contributed by atoms with Gasteiger partial charge in [-0.1, -0.05) is 169 Å². The van der Waals surface area contributed by atoms with Crippen molar-refractivity contribution in [2.45, 2.75) is 81.9 Å². The van der Waals surface area contributed by atoms with Gasteiger partial charge in [-0.05, 0) is 51.6 Å². The molecule has 0 N–H and O–H groups in total. The molecule has 0 aromatic heterocycles. The molecule has 0 spiro atoms. The van der Waals surface area contributed by atoms with Gasteiger partial charge in [0.1, 0.15) is 0 Å². The van der Waals surface area contributed by atoms with Crippen LogP contribution in [0, 0.1) is 0 Å². The average molecular weight is 546 g/mol. The monoisotopic (exact) mass is 546 g/mol. The van der Waals surface area contributed by atoms with E-state index in [2.05, 4.69) is 155 Å². The fourth-order valence-corrected chi connectivity index (χ4v) is 5.66. The molecule has 4 aromatic carbocycles. The van der Waals surface area contributed by atoms with E-state index in [-0.39, 0.29) is 0 Å². The van der Waals surface area contributed by atoms with Crippen LogP contribution in [-0.2, 0) is 0 Å². The highest BCUT2D eigenvalue weighted by Crippen LogP contribution is 2.32. The Morgan fingerprint density at radius 3 is 0.500 bits per heavy atom. The molecule has 0 heterocycles. The van der Waals surface area contributed by atoms with Crippen LogP contribution in [0.25, 0.3) is 33.4 Å². The van der Waals surface area contributed by atoms with E-state index in [9.17, 15) is 0 Å². The second-order valence-corrected chi connectivity index (χ2v) is 14.4. The Morgan fingerprint density at radius 2 is 0.357 bits per heavy atom. The first-order valence-corrected chi connectivity index (χ1v) is 16.3. The normalized spacial score (nSPS) is 10.9. The highest BCUT2D eigenvalue weighted by atomic mass is 14.1. The van der Waals surface area contributed by atoms with Gasteiger partial charge >= 0.3 is 0 Å². The molecular weight excluding hydrogens is 497 g/mol. The molecule has 0 aliphatic rings. The van der Waals surface area contributed by atoms with Crippen LogP contribution in [-0.4, -0.2) is 40.3 Å². The van der Waals surface area contributed by atoms with E-state index in [1.165, 1.54) is 66.2 Å². The molecule has 6 heteroatoms. The summed E-state index contributed by atoms with van der Waals surface area (Å²) in [7, 11) is 0. The minimum absolute atomic E-state index is 0.484. The summed E-state index contributed by atoms with van der Waals surface area (Å²) in [5, 5.41) is 0. The minimum Gasteiger partial charge on any atom is -0.0819 e. The van der Waals surface area contributed by atoms with Gasteiger partial charge in [-0.15, -0.1) is 0 Å². The Hall–Kier alpha value is -2.73. The summed E-state index contributed by atoms with van der Waals surface area (Å²) in [5.74, 6) is 0. The van der Waals surface area contributed by atoms with Crippen LogP contribution in [0.15, 0.2) is 72.8 Å². The van der Waals surface area contributed by atoms with Gasteiger partial charge in [0.2, 0.25) is 0 Å². The smallest absolute Gasteiger partial charge is 0.0819 e. The maximum Gasteiger partial charge on any atom is 0.169 e. The predicted octanol–water partition coefficient (Wildman–Crippen LogP) is 6.46. The topological polar surface area (TPSA) is 0 Å². The largest absolute Gasteiger partial charge is 0.169 e. The van der Waals surface area contributed by atoms with Gasteiger partial charge in [0, 0.05) is 0 Å². The third-order valence-electron chi connectivity index (χ3n) is 8.87. The van der Waals surface area contributed by atoms with E-state index in [1.807, 2.05) is 0 Å². The lowest BCUT2D eigenvalue weighted by molar-refractivity contribution is 1.59. The second-order valence-electron chi connectivity index (χ2n) is 14.4. The first-order valence-electron chi connectivity index (χ1n) is 16.3. The van der Waals surface area contributed by atoms with Crippen LogP contribution in [0.5, 0.6) is 0 Å². The van der Waals surface area contributed by atoms with E-state index < -0.39 is 0 Å². The molecule has 4 rings (SSSR count). The number of hydrogen-bond acceptors (Lipinski definition) is 0. The summed E-state index contributed by atoms with van der Waals surface area (Å²) in [5.41, 5.74) is 16.3. The number of rotatable bonds is 9. The van der Waals surface area contributed by atoms with E-state index in [0.29, 0.717) is 40.3 Å². The van der Waals surface area contributed by atoms with Crippen molar-refractivity contribution >= 4 is 73.1 Å². The van der Waals surface area contributed by atoms with Gasteiger partial charge in [0.25, 0.3) is 0 Å². The molecule has 0 radical (unpaired) electrons. The van der Waals surface area contributed by atoms with Gasteiger partial charge in [-0.25, -0.2) is 0 Å². The lowest BCUT2D eigenvalue weighted by atomic mass is 9.44. The molecule has 0 unspecified atom stereocenters. The van der Waals surface area contributed by atoms with Gasteiger partial charge in [-0.3, -0.25) is 0 Å². The first-order chi connectivity index (χ1) is 19.7. The molecule has 4 aromatic rings. The maximum atomic E-state index is 2.44. The minimum atomic E-state index is 0.484. The number of hydrogen-bond donors (Lipinski definition) is 0. The van der Waals surface area contributed by atoms with Crippen molar-refractivity contribution in [3.05, 3.63) is 72.8 Å². The van der Waals surface area contributed by atoms with Crippen molar-refractivity contribution in [2.24, 2.45) is 0 Å². The van der Waals surface area contributed by atoms with Crippen molar-refractivity contribution < 1.29 is 0 Å². The third-order valence-corrected chi connectivity index (χ3v) is 8.87. The van der Waals surface area contributed by atoms with E-state index >= 15 is 0 Å².